The van der Waals surface area contributed by atoms with Crippen molar-refractivity contribution in [3.05, 3.63) is 84.4 Å². The summed E-state index contributed by atoms with van der Waals surface area (Å²) in [5, 5.41) is 0.937. The molecule has 0 aliphatic carbocycles. The van der Waals surface area contributed by atoms with E-state index in [1.807, 2.05) is 59.6 Å². The van der Waals surface area contributed by atoms with Gasteiger partial charge in [0.25, 0.3) is 0 Å². The topological polar surface area (TPSA) is 101 Å². The second-order valence-electron chi connectivity index (χ2n) is 8.32. The molecule has 5 aromatic rings. The monoisotopic (exact) mass is 432 g/mol. The number of aromatic amines is 1. The third kappa shape index (κ3) is 3.42. The van der Waals surface area contributed by atoms with Crippen LogP contribution in [0.4, 0.5) is 5.82 Å². The lowest BCUT2D eigenvalue weighted by Gasteiger charge is -2.15. The number of fused-ring (bicyclic) bond motifs is 3. The third-order valence-electron chi connectivity index (χ3n) is 6.21. The number of H-pyrrole nitrogens is 1. The van der Waals surface area contributed by atoms with Crippen molar-refractivity contribution >= 4 is 33.7 Å². The van der Waals surface area contributed by atoms with E-state index in [9.17, 15) is 4.79 Å². The minimum atomic E-state index is 0.116. The fourth-order valence-corrected chi connectivity index (χ4v) is 4.55. The van der Waals surface area contributed by atoms with Crippen LogP contribution in [0.2, 0.25) is 0 Å². The van der Waals surface area contributed by atoms with Crippen LogP contribution in [-0.2, 0) is 11.3 Å². The van der Waals surface area contributed by atoms with Gasteiger partial charge in [-0.25, -0.2) is 9.97 Å². The van der Waals surface area contributed by atoms with Crippen molar-refractivity contribution in [1.82, 2.24) is 24.8 Å². The Bertz CT molecular complexity index is 1480. The number of imidazole rings is 1. The largest absolute Gasteiger partial charge is 0.382 e. The van der Waals surface area contributed by atoms with Crippen molar-refractivity contribution in [2.75, 3.05) is 12.3 Å². The van der Waals surface area contributed by atoms with E-state index in [0.717, 1.165) is 33.1 Å². The number of nitrogens with zero attached hydrogens (tertiary/aromatic N) is 4. The number of anilines is 1. The molecular weight excluding hydrogens is 412 g/mol. The van der Waals surface area contributed by atoms with Gasteiger partial charge in [0.15, 0.2) is 5.82 Å². The van der Waals surface area contributed by atoms with Crippen molar-refractivity contribution in [2.24, 2.45) is 0 Å². The molecule has 0 radical (unpaired) electrons. The van der Waals surface area contributed by atoms with Crippen LogP contribution in [0.15, 0.2) is 60.9 Å². The molecule has 1 amide bonds. The molecule has 0 saturated carbocycles. The first kappa shape index (κ1) is 19.3. The number of benzene rings is 1. The molecule has 1 saturated heterocycles. The number of nitrogens with one attached hydrogen (secondary N) is 1. The molecule has 3 N–H and O–H groups in total. The molecule has 1 unspecified atom stereocenters. The van der Waals surface area contributed by atoms with E-state index in [2.05, 4.69) is 32.1 Å². The average molecular weight is 432 g/mol. The van der Waals surface area contributed by atoms with Crippen LogP contribution in [0.5, 0.6) is 0 Å². The summed E-state index contributed by atoms with van der Waals surface area (Å²) in [6, 6.07) is 21.6. The van der Waals surface area contributed by atoms with Gasteiger partial charge >= 0.3 is 0 Å². The number of carbonyl (C=O) groups is 1. The molecule has 1 aliphatic rings. The van der Waals surface area contributed by atoms with Gasteiger partial charge in [-0.05, 0) is 41.5 Å². The highest BCUT2D eigenvalue weighted by atomic mass is 16.2. The molecule has 1 atom stereocenters. The second kappa shape index (κ2) is 7.61. The predicted molar refractivity (Wildman–Crippen MR) is 126 cm³/mol. The maximum Gasteiger partial charge on any atom is 0.223 e. The standard InChI is InChI=1S/C26H20N6O/c27-26-25-24(20-9-8-17(11-21(20)29-26)18-7-4-10-28-13-18)30-22(31-25)15-32-14-19(12-23(32)33)16-5-2-1-3-6-16/h2,4-11,13,19H,12,14-15H2,(H2,27,29)(H,30,31). The lowest BCUT2D eigenvalue weighted by Crippen LogP contribution is -2.25. The number of carbonyl (C=O) groups excluding carboxylic acids is 1. The van der Waals surface area contributed by atoms with Gasteiger partial charge in [-0.15, -0.1) is 0 Å². The number of aromatic nitrogens is 4. The van der Waals surface area contributed by atoms with Gasteiger partial charge in [-0.3, -0.25) is 9.78 Å². The summed E-state index contributed by atoms with van der Waals surface area (Å²) >= 11 is 0. The molecular formula is C26H20N6O. The Morgan fingerprint density at radius 3 is 2.91 bits per heavy atom. The van der Waals surface area contributed by atoms with E-state index in [-0.39, 0.29) is 11.8 Å². The highest BCUT2D eigenvalue weighted by molar-refractivity contribution is 6.07. The van der Waals surface area contributed by atoms with E-state index in [1.54, 1.807) is 6.20 Å². The summed E-state index contributed by atoms with van der Waals surface area (Å²) < 4.78 is 0. The molecule has 1 aliphatic heterocycles. The summed E-state index contributed by atoms with van der Waals surface area (Å²) in [5.74, 6) is 1.34. The van der Waals surface area contributed by atoms with Crippen LogP contribution in [0, 0.1) is 12.1 Å². The highest BCUT2D eigenvalue weighted by Gasteiger charge is 2.31. The Morgan fingerprint density at radius 1 is 1.15 bits per heavy atom. The zero-order valence-corrected chi connectivity index (χ0v) is 17.7. The predicted octanol–water partition coefficient (Wildman–Crippen LogP) is 3.87. The van der Waals surface area contributed by atoms with Gasteiger partial charge in [0.2, 0.25) is 5.91 Å². The van der Waals surface area contributed by atoms with Gasteiger partial charge < -0.3 is 15.6 Å². The maximum atomic E-state index is 12.7. The van der Waals surface area contributed by atoms with Crippen molar-refractivity contribution in [3.8, 4) is 11.1 Å². The average Bonchev–Trinajstić information content (AvgIpc) is 3.44. The minimum Gasteiger partial charge on any atom is -0.382 e. The molecule has 6 rings (SSSR count). The Kier molecular flexibility index (Phi) is 4.44. The van der Waals surface area contributed by atoms with Crippen molar-refractivity contribution in [2.45, 2.75) is 18.9 Å². The summed E-state index contributed by atoms with van der Waals surface area (Å²) in [4.78, 5) is 31.3. The number of rotatable bonds is 4. The van der Waals surface area contributed by atoms with Gasteiger partial charge in [-0.1, -0.05) is 30.3 Å². The van der Waals surface area contributed by atoms with Crippen LogP contribution in [-0.4, -0.2) is 37.3 Å². The molecule has 33 heavy (non-hydrogen) atoms. The van der Waals surface area contributed by atoms with Crippen LogP contribution < -0.4 is 5.73 Å². The summed E-state index contributed by atoms with van der Waals surface area (Å²) in [6.45, 7) is 1.05. The first-order valence-electron chi connectivity index (χ1n) is 10.8. The van der Waals surface area contributed by atoms with Crippen LogP contribution in [0.3, 0.4) is 0 Å². The maximum absolute atomic E-state index is 12.7. The third-order valence-corrected chi connectivity index (χ3v) is 6.21. The Balaban J connectivity index is 1.32. The van der Waals surface area contributed by atoms with Crippen molar-refractivity contribution in [3.63, 3.8) is 0 Å². The first-order valence-corrected chi connectivity index (χ1v) is 10.8. The molecule has 2 aromatic carbocycles. The first-order chi connectivity index (χ1) is 16.2. The normalized spacial score (nSPS) is 15.9. The van der Waals surface area contributed by atoms with Gasteiger partial charge in [-0.2, -0.15) is 0 Å². The number of hydrogen-bond acceptors (Lipinski definition) is 5. The molecule has 4 heterocycles. The number of nitrogen functional groups attached to an aromatic ring is 1. The highest BCUT2D eigenvalue weighted by Crippen LogP contribution is 2.31. The van der Waals surface area contributed by atoms with E-state index in [1.165, 1.54) is 0 Å². The Hall–Kier alpha value is -4.44. The Morgan fingerprint density at radius 2 is 2.09 bits per heavy atom. The van der Waals surface area contributed by atoms with Crippen LogP contribution in [0.1, 0.15) is 23.7 Å². The number of amides is 1. The van der Waals surface area contributed by atoms with Crippen molar-refractivity contribution < 1.29 is 4.79 Å². The lowest BCUT2D eigenvalue weighted by atomic mass is 9.99. The fraction of sp³-hybridized carbons (Fsp3) is 0.154. The number of hydrogen-bond donors (Lipinski definition) is 2. The van der Waals surface area contributed by atoms with E-state index >= 15 is 0 Å². The summed E-state index contributed by atoms with van der Waals surface area (Å²) in [6.07, 6.45) is 4.06. The van der Waals surface area contributed by atoms with Crippen LogP contribution >= 0.6 is 0 Å². The summed E-state index contributed by atoms with van der Waals surface area (Å²) in [7, 11) is 0. The number of pyridine rings is 2. The number of likely N-dealkylation sites (tertiary alicyclic amines) is 1. The molecule has 7 heteroatoms. The molecule has 160 valence electrons. The molecule has 0 spiro atoms. The quantitative estimate of drug-likeness (QED) is 0.449. The fourth-order valence-electron chi connectivity index (χ4n) is 4.55. The smallest absolute Gasteiger partial charge is 0.223 e. The molecule has 7 nitrogen and oxygen atoms in total. The zero-order chi connectivity index (χ0) is 22.4. The van der Waals surface area contributed by atoms with Gasteiger partial charge in [0.05, 0.1) is 17.6 Å². The van der Waals surface area contributed by atoms with Crippen molar-refractivity contribution in [1.29, 1.82) is 0 Å². The molecule has 1 fully saturated rings. The van der Waals surface area contributed by atoms with Gasteiger partial charge in [0.1, 0.15) is 11.3 Å². The Labute approximate surface area is 190 Å². The van der Waals surface area contributed by atoms with Crippen LogP contribution in [0.25, 0.3) is 33.1 Å². The van der Waals surface area contributed by atoms with E-state index in [0.29, 0.717) is 36.7 Å². The second-order valence-corrected chi connectivity index (χ2v) is 8.32. The number of nitrogens with two attached hydrogens (primary N) is 1. The zero-order valence-electron chi connectivity index (χ0n) is 17.7. The van der Waals surface area contributed by atoms with E-state index in [4.69, 9.17) is 5.73 Å². The SMILES string of the molecule is Nc1nc2cc(-c3cccnc3)ccc2c2[nH]c(CN3CC(c4cc#ccc4)CC3=O)nc12. The van der Waals surface area contributed by atoms with Gasteiger partial charge in [0, 0.05) is 42.2 Å². The molecule has 3 aromatic heterocycles. The summed E-state index contributed by atoms with van der Waals surface area (Å²) in [5.41, 5.74) is 11.7. The molecule has 0 bridgehead atoms. The lowest BCUT2D eigenvalue weighted by molar-refractivity contribution is -0.128. The van der Waals surface area contributed by atoms with E-state index < -0.39 is 0 Å². The minimum absolute atomic E-state index is 0.116.